The van der Waals surface area contributed by atoms with Crippen LogP contribution in [0.4, 0.5) is 0 Å². The Labute approximate surface area is 123 Å². The molecule has 2 aromatic rings. The van der Waals surface area contributed by atoms with E-state index >= 15 is 0 Å². The van der Waals surface area contributed by atoms with Gasteiger partial charge in [0.05, 0.1) is 10.8 Å². The van der Waals surface area contributed by atoms with E-state index in [1.807, 2.05) is 28.8 Å². The van der Waals surface area contributed by atoms with Gasteiger partial charge in [0.1, 0.15) is 6.33 Å². The molecule has 0 fully saturated rings. The largest absolute Gasteiger partial charge is 0.306 e. The second-order valence-electron chi connectivity index (χ2n) is 4.00. The summed E-state index contributed by atoms with van der Waals surface area (Å²) in [5.74, 6) is 0. The van der Waals surface area contributed by atoms with Gasteiger partial charge < -0.3 is 4.57 Å². The average Bonchev–Trinajstić information content (AvgIpc) is 2.85. The first kappa shape index (κ1) is 14.1. The predicted molar refractivity (Wildman–Crippen MR) is 80.1 cm³/mol. The highest BCUT2D eigenvalue weighted by atomic mass is 79.9. The summed E-state index contributed by atoms with van der Waals surface area (Å²) in [5, 5.41) is 8.15. The van der Waals surface area contributed by atoms with Gasteiger partial charge >= 0.3 is 0 Å². The van der Waals surface area contributed by atoms with E-state index in [4.69, 9.17) is 0 Å². The van der Waals surface area contributed by atoms with Crippen molar-refractivity contribution in [1.82, 2.24) is 14.8 Å². The SMILES string of the molecule is CS(=O)c1nncn1CC/C=C/c1ccc(Br)cc1. The predicted octanol–water partition coefficient (Wildman–Crippen LogP) is 2.88. The normalized spacial score (nSPS) is 12.9. The number of aromatic nitrogens is 3. The van der Waals surface area contributed by atoms with Gasteiger partial charge in [-0.3, -0.25) is 4.21 Å². The maximum absolute atomic E-state index is 11.4. The molecule has 1 aromatic heterocycles. The fourth-order valence-electron chi connectivity index (χ4n) is 1.63. The lowest BCUT2D eigenvalue weighted by atomic mass is 10.2. The number of hydrogen-bond acceptors (Lipinski definition) is 3. The van der Waals surface area contributed by atoms with Gasteiger partial charge in [0.15, 0.2) is 0 Å². The van der Waals surface area contributed by atoms with E-state index < -0.39 is 10.8 Å². The number of allylic oxidation sites excluding steroid dienone is 1. The van der Waals surface area contributed by atoms with Crippen molar-refractivity contribution in [2.45, 2.75) is 18.1 Å². The number of aryl methyl sites for hydroxylation is 1. The minimum atomic E-state index is -1.09. The van der Waals surface area contributed by atoms with E-state index in [0.717, 1.165) is 23.0 Å². The summed E-state index contributed by atoms with van der Waals surface area (Å²) in [6.07, 6.45) is 8.23. The Bertz CT molecular complexity index is 592. The molecular weight excluding hydrogens is 326 g/mol. The molecule has 0 aliphatic carbocycles. The molecule has 6 heteroatoms. The summed E-state index contributed by atoms with van der Waals surface area (Å²) in [6, 6.07) is 8.12. The lowest BCUT2D eigenvalue weighted by molar-refractivity contribution is 0.621. The highest BCUT2D eigenvalue weighted by Crippen LogP contribution is 2.12. The summed E-state index contributed by atoms with van der Waals surface area (Å²) in [5.41, 5.74) is 1.16. The van der Waals surface area contributed by atoms with Crippen LogP contribution in [-0.2, 0) is 17.3 Å². The highest BCUT2D eigenvalue weighted by Gasteiger charge is 2.06. The molecule has 1 atom stereocenters. The van der Waals surface area contributed by atoms with Crippen LogP contribution in [0.15, 0.2) is 46.3 Å². The monoisotopic (exact) mass is 339 g/mol. The third-order valence-electron chi connectivity index (χ3n) is 2.55. The summed E-state index contributed by atoms with van der Waals surface area (Å²) in [7, 11) is -1.09. The van der Waals surface area contributed by atoms with Crippen LogP contribution < -0.4 is 0 Å². The zero-order valence-corrected chi connectivity index (χ0v) is 12.9. The molecule has 1 unspecified atom stereocenters. The van der Waals surface area contributed by atoms with E-state index in [-0.39, 0.29) is 0 Å². The van der Waals surface area contributed by atoms with Crippen LogP contribution in [0.1, 0.15) is 12.0 Å². The third kappa shape index (κ3) is 4.11. The van der Waals surface area contributed by atoms with Gasteiger partial charge in [-0.2, -0.15) is 0 Å². The van der Waals surface area contributed by atoms with E-state index in [1.54, 1.807) is 12.6 Å². The Morgan fingerprint density at radius 3 is 2.79 bits per heavy atom. The molecule has 0 N–H and O–H groups in total. The molecule has 19 heavy (non-hydrogen) atoms. The van der Waals surface area contributed by atoms with Crippen LogP contribution in [0.5, 0.6) is 0 Å². The third-order valence-corrected chi connectivity index (χ3v) is 3.91. The molecule has 0 saturated carbocycles. The molecule has 2 rings (SSSR count). The first-order valence-corrected chi connectivity index (χ1v) is 8.15. The van der Waals surface area contributed by atoms with Gasteiger partial charge in [0, 0.05) is 17.3 Å². The van der Waals surface area contributed by atoms with Crippen molar-refractivity contribution >= 4 is 32.8 Å². The second kappa shape index (κ2) is 6.77. The van der Waals surface area contributed by atoms with E-state index in [9.17, 15) is 4.21 Å². The van der Waals surface area contributed by atoms with Gasteiger partial charge in [0.2, 0.25) is 5.16 Å². The smallest absolute Gasteiger partial charge is 0.221 e. The first-order chi connectivity index (χ1) is 9.16. The number of halogens is 1. The fraction of sp³-hybridized carbons (Fsp3) is 0.231. The van der Waals surface area contributed by atoms with Crippen LogP contribution >= 0.6 is 15.9 Å². The minimum absolute atomic E-state index is 0.525. The standard InChI is InChI=1S/C13H14BrN3OS/c1-19(18)13-16-15-10-17(13)9-3-2-4-11-5-7-12(14)8-6-11/h2,4-8,10H,3,9H2,1H3/b4-2+. The van der Waals surface area contributed by atoms with Crippen LogP contribution in [-0.4, -0.2) is 25.2 Å². The maximum atomic E-state index is 11.4. The Morgan fingerprint density at radius 1 is 1.37 bits per heavy atom. The van der Waals surface area contributed by atoms with Crippen LogP contribution in [0.2, 0.25) is 0 Å². The molecule has 1 aromatic carbocycles. The number of rotatable bonds is 5. The van der Waals surface area contributed by atoms with E-state index in [1.165, 1.54) is 0 Å². The summed E-state index contributed by atoms with van der Waals surface area (Å²) in [6.45, 7) is 0.731. The Hall–Kier alpha value is -1.27. The number of nitrogens with zero attached hydrogens (tertiary/aromatic N) is 3. The van der Waals surface area contributed by atoms with Crippen molar-refractivity contribution in [1.29, 1.82) is 0 Å². The molecule has 4 nitrogen and oxygen atoms in total. The topological polar surface area (TPSA) is 47.8 Å². The van der Waals surface area contributed by atoms with Crippen LogP contribution in [0, 0.1) is 0 Å². The molecule has 0 aliphatic heterocycles. The van der Waals surface area contributed by atoms with Crippen molar-refractivity contribution in [3.63, 3.8) is 0 Å². The van der Waals surface area contributed by atoms with Gasteiger partial charge in [-0.25, -0.2) is 0 Å². The zero-order valence-electron chi connectivity index (χ0n) is 10.5. The first-order valence-electron chi connectivity index (χ1n) is 5.80. The zero-order chi connectivity index (χ0) is 13.7. The molecule has 0 bridgehead atoms. The molecule has 1 heterocycles. The van der Waals surface area contributed by atoms with Gasteiger partial charge in [-0.15, -0.1) is 10.2 Å². The lowest BCUT2D eigenvalue weighted by Crippen LogP contribution is -2.03. The van der Waals surface area contributed by atoms with Crippen molar-refractivity contribution in [2.75, 3.05) is 6.26 Å². The van der Waals surface area contributed by atoms with E-state index in [0.29, 0.717) is 5.16 Å². The minimum Gasteiger partial charge on any atom is -0.306 e. The quantitative estimate of drug-likeness (QED) is 0.841. The maximum Gasteiger partial charge on any atom is 0.221 e. The molecular formula is C13H14BrN3OS. The Balaban J connectivity index is 1.91. The highest BCUT2D eigenvalue weighted by molar-refractivity contribution is 9.10. The number of hydrogen-bond donors (Lipinski definition) is 0. The summed E-state index contributed by atoms with van der Waals surface area (Å²) in [4.78, 5) is 0. The molecule has 0 radical (unpaired) electrons. The van der Waals surface area contributed by atoms with Crippen molar-refractivity contribution in [3.8, 4) is 0 Å². The van der Waals surface area contributed by atoms with Crippen molar-refractivity contribution in [2.24, 2.45) is 0 Å². The van der Waals surface area contributed by atoms with Gasteiger partial charge in [0.25, 0.3) is 0 Å². The lowest BCUT2D eigenvalue weighted by Gasteiger charge is -2.01. The molecule has 0 aliphatic rings. The van der Waals surface area contributed by atoms with Crippen molar-refractivity contribution < 1.29 is 4.21 Å². The Morgan fingerprint density at radius 2 is 2.11 bits per heavy atom. The summed E-state index contributed by atoms with van der Waals surface area (Å²) >= 11 is 3.40. The van der Waals surface area contributed by atoms with Crippen LogP contribution in [0.3, 0.4) is 0 Å². The van der Waals surface area contributed by atoms with Gasteiger partial charge in [-0.1, -0.05) is 40.2 Å². The second-order valence-corrected chi connectivity index (χ2v) is 6.19. The average molecular weight is 340 g/mol. The van der Waals surface area contributed by atoms with E-state index in [2.05, 4.69) is 38.3 Å². The summed E-state index contributed by atoms with van der Waals surface area (Å²) < 4.78 is 14.3. The molecule has 100 valence electrons. The number of benzene rings is 1. The fourth-order valence-corrected chi connectivity index (χ4v) is 2.52. The molecule has 0 spiro atoms. The van der Waals surface area contributed by atoms with Crippen LogP contribution in [0.25, 0.3) is 6.08 Å². The molecule has 0 saturated heterocycles. The Kier molecular flexibility index (Phi) is 5.04. The van der Waals surface area contributed by atoms with Crippen molar-refractivity contribution in [3.05, 3.63) is 46.7 Å². The van der Waals surface area contributed by atoms with Gasteiger partial charge in [-0.05, 0) is 24.1 Å². The molecule has 0 amide bonds.